The molecule has 1 heterocycles. The zero-order valence-corrected chi connectivity index (χ0v) is 13.0. The number of hydrogen-bond donors (Lipinski definition) is 3. The molecule has 0 aromatic carbocycles. The van der Waals surface area contributed by atoms with E-state index in [9.17, 15) is 5.11 Å². The summed E-state index contributed by atoms with van der Waals surface area (Å²) >= 11 is 6.18. The lowest BCUT2D eigenvalue weighted by molar-refractivity contribution is 0.152. The molecule has 1 saturated carbocycles. The van der Waals surface area contributed by atoms with E-state index in [4.69, 9.17) is 11.6 Å². The number of aromatic nitrogens is 2. The zero-order valence-electron chi connectivity index (χ0n) is 12.3. The van der Waals surface area contributed by atoms with E-state index in [2.05, 4.69) is 22.2 Å². The highest BCUT2D eigenvalue weighted by atomic mass is 35.5. The van der Waals surface area contributed by atoms with E-state index >= 15 is 0 Å². The third-order valence-electron chi connectivity index (χ3n) is 4.23. The topological polar surface area (TPSA) is 60.9 Å². The van der Waals surface area contributed by atoms with Crippen LogP contribution in [0.15, 0.2) is 0 Å². The lowest BCUT2D eigenvalue weighted by Crippen LogP contribution is -2.39. The van der Waals surface area contributed by atoms with Crippen molar-refractivity contribution in [3.8, 4) is 0 Å². The normalized spacial score (nSPS) is 23.1. The van der Waals surface area contributed by atoms with Crippen LogP contribution in [-0.2, 0) is 13.0 Å². The largest absolute Gasteiger partial charge is 0.396 e. The van der Waals surface area contributed by atoms with Gasteiger partial charge in [-0.3, -0.25) is 0 Å². The second-order valence-corrected chi connectivity index (χ2v) is 6.13. The molecule has 1 aromatic rings. The average Bonchev–Trinajstić information content (AvgIpc) is 2.83. The predicted molar refractivity (Wildman–Crippen MR) is 81.9 cm³/mol. The molecule has 1 aliphatic rings. The van der Waals surface area contributed by atoms with Crippen molar-refractivity contribution < 1.29 is 5.11 Å². The maximum atomic E-state index is 9.43. The van der Waals surface area contributed by atoms with Crippen molar-refractivity contribution >= 4 is 11.6 Å². The molecule has 20 heavy (non-hydrogen) atoms. The molecule has 3 N–H and O–H groups in total. The zero-order chi connectivity index (χ0) is 14.4. The van der Waals surface area contributed by atoms with Gasteiger partial charge in [0, 0.05) is 25.6 Å². The summed E-state index contributed by atoms with van der Waals surface area (Å²) in [5.41, 5.74) is 0.972. The maximum Gasteiger partial charge on any atom is 0.151 e. The third kappa shape index (κ3) is 4.21. The molecule has 0 radical (unpaired) electrons. The molecule has 1 aromatic heterocycles. The molecular weight excluding hydrogens is 274 g/mol. The summed E-state index contributed by atoms with van der Waals surface area (Å²) in [4.78, 5) is 7.69. The van der Waals surface area contributed by atoms with Gasteiger partial charge in [-0.1, -0.05) is 37.8 Å². The first-order chi connectivity index (χ1) is 9.74. The van der Waals surface area contributed by atoms with Crippen molar-refractivity contribution in [3.63, 3.8) is 0 Å². The number of aliphatic hydroxyl groups is 1. The highest BCUT2D eigenvalue weighted by Crippen LogP contribution is 2.24. The fraction of sp³-hybridized carbons (Fsp3) is 0.800. The lowest BCUT2D eigenvalue weighted by Gasteiger charge is -2.30. The monoisotopic (exact) mass is 299 g/mol. The molecule has 0 amide bonds. The molecular formula is C15H26ClN3O. The minimum absolute atomic E-state index is 0.274. The summed E-state index contributed by atoms with van der Waals surface area (Å²) in [5.74, 6) is 1.36. The Morgan fingerprint density at radius 1 is 1.40 bits per heavy atom. The Balaban J connectivity index is 1.87. The summed E-state index contributed by atoms with van der Waals surface area (Å²) in [6, 6.07) is 0.396. The molecule has 114 valence electrons. The van der Waals surface area contributed by atoms with Crippen LogP contribution in [0.2, 0.25) is 5.15 Å². The van der Waals surface area contributed by atoms with Crippen LogP contribution in [0.4, 0.5) is 0 Å². The highest BCUT2D eigenvalue weighted by molar-refractivity contribution is 6.30. The number of aryl methyl sites for hydroxylation is 1. The molecule has 5 heteroatoms. The molecule has 0 aliphatic heterocycles. The Morgan fingerprint density at radius 3 is 2.95 bits per heavy atom. The SMILES string of the molecule is CCCCc1nc(Cl)c(CNC2CCCCC2CO)[nH]1. The second-order valence-electron chi connectivity index (χ2n) is 5.77. The van der Waals surface area contributed by atoms with Crippen LogP contribution in [-0.4, -0.2) is 27.7 Å². The number of H-pyrrole nitrogens is 1. The van der Waals surface area contributed by atoms with Crippen LogP contribution in [0.1, 0.15) is 57.0 Å². The van der Waals surface area contributed by atoms with Gasteiger partial charge < -0.3 is 15.4 Å². The summed E-state index contributed by atoms with van der Waals surface area (Å²) in [7, 11) is 0. The van der Waals surface area contributed by atoms with Crippen LogP contribution in [0.5, 0.6) is 0 Å². The Morgan fingerprint density at radius 2 is 2.20 bits per heavy atom. The summed E-state index contributed by atoms with van der Waals surface area (Å²) < 4.78 is 0. The van der Waals surface area contributed by atoms with Gasteiger partial charge >= 0.3 is 0 Å². The van der Waals surface area contributed by atoms with Crippen LogP contribution in [0, 0.1) is 5.92 Å². The van der Waals surface area contributed by atoms with Crippen LogP contribution in [0.25, 0.3) is 0 Å². The van der Waals surface area contributed by atoms with E-state index in [-0.39, 0.29) is 6.61 Å². The van der Waals surface area contributed by atoms with Crippen molar-refractivity contribution in [1.82, 2.24) is 15.3 Å². The van der Waals surface area contributed by atoms with Gasteiger partial charge in [0.15, 0.2) is 5.15 Å². The summed E-state index contributed by atoms with van der Waals surface area (Å²) in [5, 5.41) is 13.5. The van der Waals surface area contributed by atoms with E-state index in [0.717, 1.165) is 43.6 Å². The smallest absolute Gasteiger partial charge is 0.151 e. The molecule has 0 spiro atoms. The fourth-order valence-electron chi connectivity index (χ4n) is 2.95. The van der Waals surface area contributed by atoms with Gasteiger partial charge in [0.1, 0.15) is 5.82 Å². The molecule has 1 aliphatic carbocycles. The maximum absolute atomic E-state index is 9.43. The van der Waals surface area contributed by atoms with Crippen LogP contribution < -0.4 is 5.32 Å². The predicted octanol–water partition coefficient (Wildman–Crippen LogP) is 3.05. The van der Waals surface area contributed by atoms with Crippen molar-refractivity contribution in [1.29, 1.82) is 0 Å². The minimum Gasteiger partial charge on any atom is -0.396 e. The van der Waals surface area contributed by atoms with E-state index in [1.54, 1.807) is 0 Å². The molecule has 0 saturated heterocycles. The summed E-state index contributed by atoms with van der Waals surface area (Å²) in [6.45, 7) is 3.15. The number of nitrogens with zero attached hydrogens (tertiary/aromatic N) is 1. The van der Waals surface area contributed by atoms with Crippen molar-refractivity contribution in [2.45, 2.75) is 64.5 Å². The standard InChI is InChI=1S/C15H26ClN3O/c1-2-3-8-14-18-13(15(16)19-14)9-17-12-7-5-4-6-11(12)10-20/h11-12,17,20H,2-10H2,1H3,(H,18,19). The lowest BCUT2D eigenvalue weighted by atomic mass is 9.85. The molecule has 0 bridgehead atoms. The van der Waals surface area contributed by atoms with Crippen molar-refractivity contribution in [3.05, 3.63) is 16.7 Å². The Bertz CT molecular complexity index is 408. The van der Waals surface area contributed by atoms with Gasteiger partial charge in [-0.25, -0.2) is 4.98 Å². The first-order valence-corrected chi connectivity index (χ1v) is 8.19. The number of nitrogens with one attached hydrogen (secondary N) is 2. The summed E-state index contributed by atoms with van der Waals surface area (Å²) in [6.07, 6.45) is 7.98. The molecule has 1 fully saturated rings. The number of halogens is 1. The number of aromatic amines is 1. The first kappa shape index (κ1) is 15.8. The number of hydrogen-bond acceptors (Lipinski definition) is 3. The van der Waals surface area contributed by atoms with E-state index in [1.165, 1.54) is 12.8 Å². The highest BCUT2D eigenvalue weighted by Gasteiger charge is 2.24. The van der Waals surface area contributed by atoms with E-state index in [0.29, 0.717) is 23.7 Å². The average molecular weight is 300 g/mol. The van der Waals surface area contributed by atoms with Gasteiger partial charge in [-0.2, -0.15) is 0 Å². The van der Waals surface area contributed by atoms with Crippen molar-refractivity contribution in [2.24, 2.45) is 5.92 Å². The Hall–Kier alpha value is -0.580. The number of aliphatic hydroxyl groups excluding tert-OH is 1. The van der Waals surface area contributed by atoms with Crippen LogP contribution in [0.3, 0.4) is 0 Å². The molecule has 2 rings (SSSR count). The van der Waals surface area contributed by atoms with Gasteiger partial charge in [-0.15, -0.1) is 0 Å². The minimum atomic E-state index is 0.274. The fourth-order valence-corrected chi connectivity index (χ4v) is 3.16. The van der Waals surface area contributed by atoms with E-state index in [1.807, 2.05) is 0 Å². The molecule has 4 nitrogen and oxygen atoms in total. The van der Waals surface area contributed by atoms with Gasteiger partial charge in [0.2, 0.25) is 0 Å². The number of imidazole rings is 1. The second kappa shape index (κ2) is 8.01. The van der Waals surface area contributed by atoms with Gasteiger partial charge in [0.05, 0.1) is 5.69 Å². The molecule has 2 atom stereocenters. The van der Waals surface area contributed by atoms with Crippen LogP contribution >= 0.6 is 11.6 Å². The Labute approximate surface area is 126 Å². The molecule has 2 unspecified atom stereocenters. The Kier molecular flexibility index (Phi) is 6.33. The first-order valence-electron chi connectivity index (χ1n) is 7.82. The number of rotatable bonds is 7. The quantitative estimate of drug-likeness (QED) is 0.725. The van der Waals surface area contributed by atoms with Gasteiger partial charge in [0.25, 0.3) is 0 Å². The van der Waals surface area contributed by atoms with Gasteiger partial charge in [-0.05, 0) is 25.2 Å². The van der Waals surface area contributed by atoms with Crippen molar-refractivity contribution in [2.75, 3.05) is 6.61 Å². The third-order valence-corrected chi connectivity index (χ3v) is 4.54. The number of unbranched alkanes of at least 4 members (excludes halogenated alkanes) is 1. The van der Waals surface area contributed by atoms with E-state index < -0.39 is 0 Å².